The predicted molar refractivity (Wildman–Crippen MR) is 110 cm³/mol. The Balaban J connectivity index is 1.47. The first-order chi connectivity index (χ1) is 13.1. The van der Waals surface area contributed by atoms with Crippen LogP contribution >= 0.6 is 0 Å². The molecule has 1 aliphatic heterocycles. The van der Waals surface area contributed by atoms with Gasteiger partial charge in [-0.3, -0.25) is 4.79 Å². The standard InChI is InChI=1S/C22H25N3O2/c1-15-9-11-25(12-10-15)17-5-3-16(4-6-17)24-22(26)20-14-23-21-13-18(27-2)7-8-19(20)21/h3-8,13-15,23H,9-12H2,1-2H3,(H,24,26). The maximum atomic E-state index is 12.7. The van der Waals surface area contributed by atoms with E-state index in [9.17, 15) is 4.79 Å². The number of hydrogen-bond acceptors (Lipinski definition) is 3. The lowest BCUT2D eigenvalue weighted by Crippen LogP contribution is -2.32. The number of carbonyl (C=O) groups is 1. The second-order valence-electron chi connectivity index (χ2n) is 7.28. The van der Waals surface area contributed by atoms with Crippen molar-refractivity contribution in [3.63, 3.8) is 0 Å². The average Bonchev–Trinajstić information content (AvgIpc) is 3.12. The Morgan fingerprint density at radius 3 is 2.59 bits per heavy atom. The van der Waals surface area contributed by atoms with Crippen molar-refractivity contribution in [2.45, 2.75) is 19.8 Å². The van der Waals surface area contributed by atoms with E-state index in [1.54, 1.807) is 13.3 Å². The number of aromatic amines is 1. The van der Waals surface area contributed by atoms with Gasteiger partial charge in [0, 0.05) is 47.6 Å². The highest BCUT2D eigenvalue weighted by Gasteiger charge is 2.16. The molecule has 0 bridgehead atoms. The van der Waals surface area contributed by atoms with Crippen LogP contribution in [0.15, 0.2) is 48.7 Å². The molecular formula is C22H25N3O2. The van der Waals surface area contributed by atoms with Crippen molar-refractivity contribution >= 4 is 28.2 Å². The molecule has 1 saturated heterocycles. The normalized spacial score (nSPS) is 15.1. The van der Waals surface area contributed by atoms with E-state index in [-0.39, 0.29) is 5.91 Å². The third-order valence-electron chi connectivity index (χ3n) is 5.41. The number of rotatable bonds is 4. The van der Waals surface area contributed by atoms with Crippen molar-refractivity contribution < 1.29 is 9.53 Å². The zero-order valence-corrected chi connectivity index (χ0v) is 15.8. The highest BCUT2D eigenvalue weighted by atomic mass is 16.5. The molecule has 0 aliphatic carbocycles. The number of nitrogens with one attached hydrogen (secondary N) is 2. The molecule has 1 aromatic heterocycles. The van der Waals surface area contributed by atoms with Gasteiger partial charge in [-0.1, -0.05) is 6.92 Å². The van der Waals surface area contributed by atoms with Gasteiger partial charge in [-0.05, 0) is 55.2 Å². The van der Waals surface area contributed by atoms with Crippen LogP contribution in [0.2, 0.25) is 0 Å². The second-order valence-corrected chi connectivity index (χ2v) is 7.28. The van der Waals surface area contributed by atoms with Crippen LogP contribution in [0.1, 0.15) is 30.1 Å². The zero-order chi connectivity index (χ0) is 18.8. The quantitative estimate of drug-likeness (QED) is 0.708. The second kappa shape index (κ2) is 7.35. The minimum Gasteiger partial charge on any atom is -0.497 e. The van der Waals surface area contributed by atoms with Gasteiger partial charge in [0.15, 0.2) is 0 Å². The van der Waals surface area contributed by atoms with Crippen molar-refractivity contribution in [3.8, 4) is 5.75 Å². The first-order valence-corrected chi connectivity index (χ1v) is 9.45. The summed E-state index contributed by atoms with van der Waals surface area (Å²) in [6.45, 7) is 4.52. The lowest BCUT2D eigenvalue weighted by atomic mass is 9.99. The molecule has 140 valence electrons. The molecule has 27 heavy (non-hydrogen) atoms. The van der Waals surface area contributed by atoms with Gasteiger partial charge in [-0.2, -0.15) is 0 Å². The summed E-state index contributed by atoms with van der Waals surface area (Å²) in [4.78, 5) is 18.2. The van der Waals surface area contributed by atoms with E-state index < -0.39 is 0 Å². The van der Waals surface area contributed by atoms with Crippen LogP contribution in [-0.4, -0.2) is 31.1 Å². The topological polar surface area (TPSA) is 57.4 Å². The van der Waals surface area contributed by atoms with Gasteiger partial charge in [0.25, 0.3) is 5.91 Å². The number of nitrogens with zero attached hydrogens (tertiary/aromatic N) is 1. The van der Waals surface area contributed by atoms with E-state index in [1.807, 2.05) is 30.3 Å². The van der Waals surface area contributed by atoms with E-state index in [4.69, 9.17) is 4.74 Å². The number of amides is 1. The summed E-state index contributed by atoms with van der Waals surface area (Å²) in [6.07, 6.45) is 4.22. The number of carbonyl (C=O) groups excluding carboxylic acids is 1. The third kappa shape index (κ3) is 3.63. The van der Waals surface area contributed by atoms with Crippen LogP contribution in [0.4, 0.5) is 11.4 Å². The first kappa shape index (κ1) is 17.5. The monoisotopic (exact) mass is 363 g/mol. The van der Waals surface area contributed by atoms with Gasteiger partial charge >= 0.3 is 0 Å². The summed E-state index contributed by atoms with van der Waals surface area (Å²) >= 11 is 0. The summed E-state index contributed by atoms with van der Waals surface area (Å²) in [5, 5.41) is 3.88. The molecule has 0 saturated carbocycles. The summed E-state index contributed by atoms with van der Waals surface area (Å²) in [5.74, 6) is 1.46. The maximum Gasteiger partial charge on any atom is 0.257 e. The molecule has 0 radical (unpaired) electrons. The van der Waals surface area contributed by atoms with E-state index in [1.165, 1.54) is 18.5 Å². The maximum absolute atomic E-state index is 12.7. The number of piperidine rings is 1. The van der Waals surface area contributed by atoms with Crippen molar-refractivity contribution in [2.75, 3.05) is 30.4 Å². The Kier molecular flexibility index (Phi) is 4.75. The van der Waals surface area contributed by atoms with Gasteiger partial charge in [-0.15, -0.1) is 0 Å². The predicted octanol–water partition coefficient (Wildman–Crippen LogP) is 4.67. The minimum atomic E-state index is -0.119. The molecule has 3 aromatic rings. The molecule has 2 heterocycles. The number of fused-ring (bicyclic) bond motifs is 1. The Morgan fingerprint density at radius 2 is 1.89 bits per heavy atom. The number of anilines is 2. The largest absolute Gasteiger partial charge is 0.497 e. The Morgan fingerprint density at radius 1 is 1.15 bits per heavy atom. The Labute approximate surface area is 159 Å². The number of ether oxygens (including phenoxy) is 1. The molecule has 5 heteroatoms. The van der Waals surface area contributed by atoms with Crippen LogP contribution in [0.25, 0.3) is 10.9 Å². The molecule has 1 amide bonds. The van der Waals surface area contributed by atoms with E-state index >= 15 is 0 Å². The fourth-order valence-corrected chi connectivity index (χ4v) is 3.64. The van der Waals surface area contributed by atoms with Gasteiger partial charge in [0.1, 0.15) is 5.75 Å². The first-order valence-electron chi connectivity index (χ1n) is 9.45. The lowest BCUT2D eigenvalue weighted by Gasteiger charge is -2.32. The van der Waals surface area contributed by atoms with Gasteiger partial charge < -0.3 is 19.9 Å². The number of benzene rings is 2. The minimum absolute atomic E-state index is 0.119. The summed E-state index contributed by atoms with van der Waals surface area (Å²) in [5.41, 5.74) is 3.53. The van der Waals surface area contributed by atoms with Crippen molar-refractivity contribution in [1.82, 2.24) is 4.98 Å². The molecule has 1 fully saturated rings. The number of H-pyrrole nitrogens is 1. The van der Waals surface area contributed by atoms with E-state index in [2.05, 4.69) is 34.3 Å². The van der Waals surface area contributed by atoms with Crippen LogP contribution in [0, 0.1) is 5.92 Å². The molecule has 0 spiro atoms. The molecular weight excluding hydrogens is 338 g/mol. The van der Waals surface area contributed by atoms with Crippen molar-refractivity contribution in [3.05, 3.63) is 54.2 Å². The van der Waals surface area contributed by atoms with E-state index in [0.29, 0.717) is 5.56 Å². The highest BCUT2D eigenvalue weighted by Crippen LogP contribution is 2.26. The molecule has 0 unspecified atom stereocenters. The number of aromatic nitrogens is 1. The van der Waals surface area contributed by atoms with Gasteiger partial charge in [0.05, 0.1) is 12.7 Å². The van der Waals surface area contributed by atoms with Gasteiger partial charge in [-0.25, -0.2) is 0 Å². The summed E-state index contributed by atoms with van der Waals surface area (Å²) < 4.78 is 5.23. The van der Waals surface area contributed by atoms with E-state index in [0.717, 1.165) is 41.3 Å². The zero-order valence-electron chi connectivity index (χ0n) is 15.8. The van der Waals surface area contributed by atoms with Crippen LogP contribution in [0.3, 0.4) is 0 Å². The third-order valence-corrected chi connectivity index (χ3v) is 5.41. The molecule has 4 rings (SSSR count). The van der Waals surface area contributed by atoms with Crippen LogP contribution in [0.5, 0.6) is 5.75 Å². The molecule has 5 nitrogen and oxygen atoms in total. The Bertz CT molecular complexity index is 938. The van der Waals surface area contributed by atoms with Crippen LogP contribution in [-0.2, 0) is 0 Å². The highest BCUT2D eigenvalue weighted by molar-refractivity contribution is 6.12. The number of hydrogen-bond donors (Lipinski definition) is 2. The summed E-state index contributed by atoms with van der Waals surface area (Å²) in [7, 11) is 1.63. The smallest absolute Gasteiger partial charge is 0.257 e. The molecule has 2 aromatic carbocycles. The molecule has 1 aliphatic rings. The SMILES string of the molecule is COc1ccc2c(C(=O)Nc3ccc(N4CCC(C)CC4)cc3)c[nH]c2c1. The van der Waals surface area contributed by atoms with Gasteiger partial charge in [0.2, 0.25) is 0 Å². The fraction of sp³-hybridized carbons (Fsp3) is 0.318. The molecule has 2 N–H and O–H groups in total. The van der Waals surface area contributed by atoms with Crippen molar-refractivity contribution in [2.24, 2.45) is 5.92 Å². The van der Waals surface area contributed by atoms with Crippen LogP contribution < -0.4 is 15.0 Å². The fourth-order valence-electron chi connectivity index (χ4n) is 3.64. The average molecular weight is 363 g/mol. The summed E-state index contributed by atoms with van der Waals surface area (Å²) in [6, 6.07) is 13.8. The van der Waals surface area contributed by atoms with Crippen molar-refractivity contribution in [1.29, 1.82) is 0 Å². The number of methoxy groups -OCH3 is 1. The lowest BCUT2D eigenvalue weighted by molar-refractivity contribution is 0.102. The Hall–Kier alpha value is -2.95. The molecule has 0 atom stereocenters.